The molecule has 0 radical (unpaired) electrons. The zero-order valence-electron chi connectivity index (χ0n) is 23.1. The van der Waals surface area contributed by atoms with E-state index in [9.17, 15) is 22.8 Å². The average Bonchev–Trinajstić information content (AvgIpc) is 3.37. The van der Waals surface area contributed by atoms with Crippen molar-refractivity contribution in [1.29, 1.82) is 0 Å². The number of thiophene rings is 1. The molecule has 1 aliphatic rings. The van der Waals surface area contributed by atoms with Gasteiger partial charge in [0.1, 0.15) is 5.82 Å². The number of aryl methyl sites for hydroxylation is 1. The van der Waals surface area contributed by atoms with E-state index in [-0.39, 0.29) is 22.8 Å². The van der Waals surface area contributed by atoms with Crippen LogP contribution < -0.4 is 5.73 Å². The van der Waals surface area contributed by atoms with Crippen LogP contribution in [-0.2, 0) is 22.1 Å². The van der Waals surface area contributed by atoms with Gasteiger partial charge in [0.2, 0.25) is 0 Å². The van der Waals surface area contributed by atoms with Crippen molar-refractivity contribution in [2.45, 2.75) is 38.5 Å². The molecule has 0 bridgehead atoms. The van der Waals surface area contributed by atoms with E-state index in [1.54, 1.807) is 53.6 Å². The first kappa shape index (κ1) is 29.4. The Balaban J connectivity index is 1.34. The van der Waals surface area contributed by atoms with Gasteiger partial charge in [0.05, 0.1) is 29.0 Å². The number of pyridine rings is 2. The van der Waals surface area contributed by atoms with Gasteiger partial charge < -0.3 is 15.4 Å². The third kappa shape index (κ3) is 6.85. The zero-order chi connectivity index (χ0) is 30.1. The van der Waals surface area contributed by atoms with Crippen LogP contribution in [0, 0.1) is 0 Å². The first-order valence-electron chi connectivity index (χ1n) is 13.3. The highest BCUT2D eigenvalue weighted by molar-refractivity contribution is 7.19. The number of benzene rings is 1. The van der Waals surface area contributed by atoms with Crippen LogP contribution in [0.25, 0.3) is 27.4 Å². The Bertz CT molecular complexity index is 1650. The van der Waals surface area contributed by atoms with Crippen LogP contribution in [0.4, 0.5) is 19.0 Å². The molecule has 1 fully saturated rings. The quantitative estimate of drug-likeness (QED) is 0.248. The summed E-state index contributed by atoms with van der Waals surface area (Å²) in [5.74, 6) is 0.0230. The Hall–Kier alpha value is -4.09. The molecule has 0 unspecified atom stereocenters. The summed E-state index contributed by atoms with van der Waals surface area (Å²) in [7, 11) is 0. The number of amides is 1. The number of fused-ring (bicyclic) bond motifs is 1. The molecular weight excluding hydrogens is 565 g/mol. The molecule has 0 saturated carbocycles. The van der Waals surface area contributed by atoms with E-state index in [2.05, 4.69) is 9.97 Å². The summed E-state index contributed by atoms with van der Waals surface area (Å²) >= 11 is 1.03. The molecule has 1 aliphatic heterocycles. The van der Waals surface area contributed by atoms with Crippen molar-refractivity contribution in [3.8, 4) is 11.3 Å². The monoisotopic (exact) mass is 594 g/mol. The number of ether oxygens (including phenoxy) is 1. The molecule has 0 spiro atoms. The third-order valence-electron chi connectivity index (χ3n) is 6.88. The lowest BCUT2D eigenvalue weighted by atomic mass is 10.0. The minimum Gasteiger partial charge on any atom is -0.384 e. The summed E-state index contributed by atoms with van der Waals surface area (Å²) in [6.07, 6.45) is 1.88. The third-order valence-corrected chi connectivity index (χ3v) is 8.12. The van der Waals surface area contributed by atoms with Gasteiger partial charge in [-0.25, -0.2) is 4.98 Å². The number of allylic oxidation sites excluding steroid dienone is 1. The Morgan fingerprint density at radius 2 is 1.93 bits per heavy atom. The smallest absolute Gasteiger partial charge is 0.384 e. The van der Waals surface area contributed by atoms with E-state index < -0.39 is 17.3 Å². The number of nitrogens with zero attached hydrogens (tertiary/aromatic N) is 3. The second-order valence-electron chi connectivity index (χ2n) is 10.7. The molecule has 3 aromatic heterocycles. The number of hydrogen-bond acceptors (Lipinski definition) is 7. The average molecular weight is 595 g/mol. The van der Waals surface area contributed by atoms with Crippen LogP contribution in [0.2, 0.25) is 0 Å². The van der Waals surface area contributed by atoms with E-state index in [0.29, 0.717) is 59.0 Å². The fourth-order valence-electron chi connectivity index (χ4n) is 4.79. The van der Waals surface area contributed by atoms with Crippen LogP contribution in [0.3, 0.4) is 0 Å². The minimum atomic E-state index is -4.58. The van der Waals surface area contributed by atoms with E-state index in [1.165, 1.54) is 12.3 Å². The van der Waals surface area contributed by atoms with E-state index in [0.717, 1.165) is 23.0 Å². The molecule has 1 aromatic carbocycles. The van der Waals surface area contributed by atoms with Crippen molar-refractivity contribution in [2.75, 3.05) is 25.4 Å². The van der Waals surface area contributed by atoms with Gasteiger partial charge in [0, 0.05) is 47.0 Å². The summed E-state index contributed by atoms with van der Waals surface area (Å²) < 4.78 is 48.1. The summed E-state index contributed by atoms with van der Waals surface area (Å²) in [5.41, 5.74) is 6.05. The lowest BCUT2D eigenvalue weighted by Gasteiger charge is -2.38. The molecule has 218 valence electrons. The molecule has 42 heavy (non-hydrogen) atoms. The van der Waals surface area contributed by atoms with E-state index in [1.807, 2.05) is 13.8 Å². The van der Waals surface area contributed by atoms with Gasteiger partial charge in [-0.3, -0.25) is 14.6 Å². The van der Waals surface area contributed by atoms with Gasteiger partial charge >= 0.3 is 6.18 Å². The van der Waals surface area contributed by atoms with Crippen molar-refractivity contribution >= 4 is 45.0 Å². The van der Waals surface area contributed by atoms with Crippen LogP contribution in [-0.4, -0.2) is 51.9 Å². The standard InChI is InChI=1S/C31H29F3N4O3S/c1-30(2)18-38(11-12-41-30)29(40)20-5-9-26(36-17-20)21-13-22-14-24(42-28(22)25(15-21)31(32,33)34)8-7-23(39)6-3-19-4-10-27(35)37-16-19/h3-6,9-10,13-17H,7-8,11-12,18H2,1-2H3,(H2,35,37)/b6-3+. The van der Waals surface area contributed by atoms with Gasteiger partial charge in [0.15, 0.2) is 5.78 Å². The normalized spacial score (nSPS) is 15.4. The second kappa shape index (κ2) is 11.7. The SMILES string of the molecule is CC1(C)CN(C(=O)c2ccc(-c3cc(C(F)(F)F)c4sc(CCC(=O)/C=C/c5ccc(N)nc5)cc4c3)nc2)CCO1. The molecule has 7 nitrogen and oxygen atoms in total. The Morgan fingerprint density at radius 3 is 2.60 bits per heavy atom. The second-order valence-corrected chi connectivity index (χ2v) is 11.9. The number of ketones is 1. The van der Waals surface area contributed by atoms with Crippen molar-refractivity contribution in [2.24, 2.45) is 0 Å². The van der Waals surface area contributed by atoms with Crippen LogP contribution in [0.15, 0.2) is 60.9 Å². The highest BCUT2D eigenvalue weighted by Crippen LogP contribution is 2.41. The number of rotatable bonds is 7. The summed E-state index contributed by atoms with van der Waals surface area (Å²) in [6.45, 7) is 5.14. The van der Waals surface area contributed by atoms with Crippen molar-refractivity contribution in [3.05, 3.63) is 82.5 Å². The van der Waals surface area contributed by atoms with Crippen molar-refractivity contribution in [1.82, 2.24) is 14.9 Å². The molecule has 2 N–H and O–H groups in total. The Kier molecular flexibility index (Phi) is 8.16. The zero-order valence-corrected chi connectivity index (χ0v) is 23.9. The number of nitrogens with two attached hydrogens (primary N) is 1. The maximum Gasteiger partial charge on any atom is 0.417 e. The molecule has 0 atom stereocenters. The first-order valence-corrected chi connectivity index (χ1v) is 14.2. The minimum absolute atomic E-state index is 0.110. The van der Waals surface area contributed by atoms with Crippen LogP contribution >= 0.6 is 11.3 Å². The summed E-state index contributed by atoms with van der Waals surface area (Å²) in [6, 6.07) is 11.0. The number of carbonyl (C=O) groups excluding carboxylic acids is 2. The fourth-order valence-corrected chi connectivity index (χ4v) is 5.96. The van der Waals surface area contributed by atoms with Crippen LogP contribution in [0.5, 0.6) is 0 Å². The number of alkyl halides is 3. The molecule has 1 amide bonds. The molecule has 1 saturated heterocycles. The number of carbonyl (C=O) groups is 2. The van der Waals surface area contributed by atoms with E-state index >= 15 is 0 Å². The molecular formula is C31H29F3N4O3S. The molecule has 4 heterocycles. The van der Waals surface area contributed by atoms with Crippen molar-refractivity contribution < 1.29 is 27.5 Å². The maximum atomic E-state index is 14.1. The van der Waals surface area contributed by atoms with Crippen LogP contribution in [0.1, 0.15) is 46.6 Å². The number of anilines is 1. The topological polar surface area (TPSA) is 98.4 Å². The molecule has 5 rings (SSSR count). The lowest BCUT2D eigenvalue weighted by molar-refractivity contribution is -0.136. The maximum absolute atomic E-state index is 14.1. The molecule has 0 aliphatic carbocycles. The first-order chi connectivity index (χ1) is 19.9. The predicted molar refractivity (Wildman–Crippen MR) is 157 cm³/mol. The van der Waals surface area contributed by atoms with Crippen molar-refractivity contribution in [3.63, 3.8) is 0 Å². The fraction of sp³-hybridized carbons (Fsp3) is 0.290. The molecule has 11 heteroatoms. The van der Waals surface area contributed by atoms with Gasteiger partial charge in [-0.05, 0) is 85.8 Å². The van der Waals surface area contributed by atoms with Gasteiger partial charge in [0.25, 0.3) is 5.91 Å². The number of morpholine rings is 1. The van der Waals surface area contributed by atoms with E-state index in [4.69, 9.17) is 10.5 Å². The number of nitrogen functional groups attached to an aromatic ring is 1. The van der Waals surface area contributed by atoms with Gasteiger partial charge in [-0.2, -0.15) is 13.2 Å². The van der Waals surface area contributed by atoms with Gasteiger partial charge in [-0.15, -0.1) is 11.3 Å². The summed E-state index contributed by atoms with van der Waals surface area (Å²) in [4.78, 5) is 36.0. The van der Waals surface area contributed by atoms with Gasteiger partial charge in [-0.1, -0.05) is 0 Å². The Morgan fingerprint density at radius 1 is 1.12 bits per heavy atom. The number of hydrogen-bond donors (Lipinski definition) is 1. The molecule has 4 aromatic rings. The highest BCUT2D eigenvalue weighted by atomic mass is 32.1. The largest absolute Gasteiger partial charge is 0.417 e. The Labute approximate surface area is 244 Å². The highest BCUT2D eigenvalue weighted by Gasteiger charge is 2.34. The summed E-state index contributed by atoms with van der Waals surface area (Å²) in [5, 5.41) is 0.424. The number of halogens is 3. The number of aromatic nitrogens is 2. The predicted octanol–water partition coefficient (Wildman–Crippen LogP) is 6.43. The lowest BCUT2D eigenvalue weighted by Crippen LogP contribution is -2.50.